The van der Waals surface area contributed by atoms with Crippen molar-refractivity contribution in [1.29, 1.82) is 0 Å². The summed E-state index contributed by atoms with van der Waals surface area (Å²) in [6, 6.07) is 3.31. The molecule has 0 aliphatic rings. The smallest absolute Gasteiger partial charge is 0.0665 e. The molecule has 1 rings (SSSR count). The fraction of sp³-hybridized carbons (Fsp3) is 0.200. The van der Waals surface area contributed by atoms with Crippen LogP contribution in [0.15, 0.2) is 23.3 Å². The van der Waals surface area contributed by atoms with Crippen LogP contribution >= 0.6 is 34.8 Å². The highest BCUT2D eigenvalue weighted by Gasteiger charge is 2.03. The number of rotatable bonds is 4. The number of hydrogen-bond acceptors (Lipinski definition) is 1. The summed E-state index contributed by atoms with van der Waals surface area (Å²) < 4.78 is 0. The van der Waals surface area contributed by atoms with Gasteiger partial charge in [-0.2, -0.15) is 0 Å². The highest BCUT2D eigenvalue weighted by Crippen LogP contribution is 2.30. The zero-order valence-corrected chi connectivity index (χ0v) is 10.5. The first-order chi connectivity index (χ1) is 7.65. The Labute approximate surface area is 108 Å². The summed E-state index contributed by atoms with van der Waals surface area (Å²) in [6.07, 6.45) is 4.29. The van der Waals surface area contributed by atoms with Gasteiger partial charge in [0.2, 0.25) is 0 Å². The molecule has 0 atom stereocenters. The van der Waals surface area contributed by atoms with Crippen LogP contribution in [0.1, 0.15) is 12.0 Å². The van der Waals surface area contributed by atoms with Crippen molar-refractivity contribution in [2.45, 2.75) is 6.42 Å². The van der Waals surface area contributed by atoms with Gasteiger partial charge in [0.25, 0.3) is 0 Å². The van der Waals surface area contributed by atoms with Crippen molar-refractivity contribution < 1.29 is 0 Å². The van der Waals surface area contributed by atoms with Crippen molar-refractivity contribution >= 4 is 40.9 Å². The standard InChI is InChI=1S/C10H8Cl3N3/c11-8-5-7(10(13)9(12)6-8)3-1-2-4-15-16-14/h1,3,5-6H,2,4H2. The van der Waals surface area contributed by atoms with Gasteiger partial charge in [-0.1, -0.05) is 52.1 Å². The summed E-state index contributed by atoms with van der Waals surface area (Å²) >= 11 is 17.7. The molecule has 0 heterocycles. The molecule has 0 N–H and O–H groups in total. The van der Waals surface area contributed by atoms with E-state index in [0.717, 1.165) is 5.56 Å². The van der Waals surface area contributed by atoms with E-state index in [1.165, 1.54) is 0 Å². The van der Waals surface area contributed by atoms with Crippen molar-refractivity contribution in [1.82, 2.24) is 0 Å². The number of azide groups is 1. The maximum absolute atomic E-state index is 8.08. The Morgan fingerprint density at radius 2 is 2.06 bits per heavy atom. The van der Waals surface area contributed by atoms with E-state index in [2.05, 4.69) is 10.0 Å². The monoisotopic (exact) mass is 275 g/mol. The van der Waals surface area contributed by atoms with E-state index in [4.69, 9.17) is 40.3 Å². The second kappa shape index (κ2) is 6.66. The summed E-state index contributed by atoms with van der Waals surface area (Å²) in [7, 11) is 0. The molecule has 3 nitrogen and oxygen atoms in total. The second-order valence-corrected chi connectivity index (χ2v) is 4.16. The maximum atomic E-state index is 8.08. The number of nitrogens with zero attached hydrogens (tertiary/aromatic N) is 3. The lowest BCUT2D eigenvalue weighted by molar-refractivity contribution is 0.996. The van der Waals surface area contributed by atoms with Crippen LogP contribution in [0.2, 0.25) is 15.1 Å². The molecular formula is C10H8Cl3N3. The van der Waals surface area contributed by atoms with E-state index in [0.29, 0.717) is 28.0 Å². The molecule has 0 aliphatic carbocycles. The zero-order chi connectivity index (χ0) is 12.0. The van der Waals surface area contributed by atoms with Gasteiger partial charge < -0.3 is 0 Å². The van der Waals surface area contributed by atoms with Crippen LogP contribution in [0.25, 0.3) is 16.5 Å². The molecule has 0 spiro atoms. The van der Waals surface area contributed by atoms with Crippen LogP contribution in [0.4, 0.5) is 0 Å². The van der Waals surface area contributed by atoms with Crippen LogP contribution in [-0.4, -0.2) is 6.54 Å². The van der Waals surface area contributed by atoms with Gasteiger partial charge in [0.1, 0.15) is 0 Å². The summed E-state index contributed by atoms with van der Waals surface area (Å²) in [5.74, 6) is 0. The van der Waals surface area contributed by atoms with E-state index < -0.39 is 0 Å². The molecule has 0 fully saturated rings. The third-order valence-corrected chi connectivity index (χ3v) is 2.81. The Hall–Kier alpha value is -0.860. The molecule has 1 aromatic rings. The van der Waals surface area contributed by atoms with Crippen molar-refractivity contribution in [3.05, 3.63) is 49.3 Å². The molecule has 0 unspecified atom stereocenters. The Kier molecular flexibility index (Phi) is 5.50. The number of halogens is 3. The summed E-state index contributed by atoms with van der Waals surface area (Å²) in [5.41, 5.74) is 8.83. The Bertz CT molecular complexity index is 451. The SMILES string of the molecule is [N-]=[N+]=NCCC=Cc1cc(Cl)cc(Cl)c1Cl. The zero-order valence-electron chi connectivity index (χ0n) is 8.20. The fourth-order valence-corrected chi connectivity index (χ4v) is 1.77. The Morgan fingerprint density at radius 3 is 2.75 bits per heavy atom. The van der Waals surface area contributed by atoms with Crippen LogP contribution < -0.4 is 0 Å². The summed E-state index contributed by atoms with van der Waals surface area (Å²) in [4.78, 5) is 2.65. The van der Waals surface area contributed by atoms with Crippen molar-refractivity contribution in [2.24, 2.45) is 5.11 Å². The first-order valence-electron chi connectivity index (χ1n) is 4.47. The minimum absolute atomic E-state index is 0.416. The molecule has 6 heteroatoms. The van der Waals surface area contributed by atoms with Gasteiger partial charge in [-0.3, -0.25) is 0 Å². The van der Waals surface area contributed by atoms with Crippen LogP contribution in [0.3, 0.4) is 0 Å². The van der Waals surface area contributed by atoms with Gasteiger partial charge in [0, 0.05) is 16.5 Å². The Balaban J connectivity index is 2.76. The van der Waals surface area contributed by atoms with Crippen molar-refractivity contribution in [2.75, 3.05) is 6.54 Å². The quantitative estimate of drug-likeness (QED) is 0.234. The molecule has 0 radical (unpaired) electrons. The highest BCUT2D eigenvalue weighted by atomic mass is 35.5. The molecule has 0 saturated carbocycles. The molecule has 84 valence electrons. The summed E-state index contributed by atoms with van der Waals surface area (Å²) in [6.45, 7) is 0.416. The molecule has 16 heavy (non-hydrogen) atoms. The first kappa shape index (κ1) is 13.2. The average molecular weight is 277 g/mol. The minimum Gasteiger partial charge on any atom is -0.0937 e. The third kappa shape index (κ3) is 3.95. The van der Waals surface area contributed by atoms with E-state index in [9.17, 15) is 0 Å². The molecule has 1 aromatic carbocycles. The topological polar surface area (TPSA) is 48.8 Å². The normalized spacial score (nSPS) is 10.4. The average Bonchev–Trinajstić information content (AvgIpc) is 2.24. The first-order valence-corrected chi connectivity index (χ1v) is 5.60. The summed E-state index contributed by atoms with van der Waals surface area (Å²) in [5, 5.41) is 4.82. The van der Waals surface area contributed by atoms with Crippen molar-refractivity contribution in [3.8, 4) is 0 Å². The van der Waals surface area contributed by atoms with Crippen LogP contribution in [-0.2, 0) is 0 Å². The van der Waals surface area contributed by atoms with E-state index in [1.807, 2.05) is 6.08 Å². The van der Waals surface area contributed by atoms with E-state index >= 15 is 0 Å². The molecule has 0 saturated heterocycles. The lowest BCUT2D eigenvalue weighted by Gasteiger charge is -2.01. The number of hydrogen-bond donors (Lipinski definition) is 0. The minimum atomic E-state index is 0.416. The highest BCUT2D eigenvalue weighted by molar-refractivity contribution is 6.44. The van der Waals surface area contributed by atoms with Gasteiger partial charge in [0.15, 0.2) is 0 Å². The maximum Gasteiger partial charge on any atom is 0.0665 e. The van der Waals surface area contributed by atoms with Gasteiger partial charge >= 0.3 is 0 Å². The second-order valence-electron chi connectivity index (χ2n) is 2.94. The fourth-order valence-electron chi connectivity index (χ4n) is 1.08. The molecule has 0 amide bonds. The predicted octanol–water partition coefficient (Wildman–Crippen LogP) is 5.36. The Morgan fingerprint density at radius 1 is 1.31 bits per heavy atom. The lowest BCUT2D eigenvalue weighted by atomic mass is 10.2. The lowest BCUT2D eigenvalue weighted by Crippen LogP contribution is -1.79. The van der Waals surface area contributed by atoms with E-state index in [1.54, 1.807) is 18.2 Å². The van der Waals surface area contributed by atoms with Crippen LogP contribution in [0, 0.1) is 0 Å². The van der Waals surface area contributed by atoms with E-state index in [-0.39, 0.29) is 0 Å². The van der Waals surface area contributed by atoms with Gasteiger partial charge in [-0.25, -0.2) is 0 Å². The molecule has 0 bridgehead atoms. The predicted molar refractivity (Wildman–Crippen MR) is 69.1 cm³/mol. The van der Waals surface area contributed by atoms with Gasteiger partial charge in [0.05, 0.1) is 10.0 Å². The third-order valence-electron chi connectivity index (χ3n) is 1.78. The molecule has 0 aliphatic heterocycles. The largest absolute Gasteiger partial charge is 0.0937 e. The number of benzene rings is 1. The molecule has 0 aromatic heterocycles. The van der Waals surface area contributed by atoms with Crippen molar-refractivity contribution in [3.63, 3.8) is 0 Å². The van der Waals surface area contributed by atoms with Crippen LogP contribution in [0.5, 0.6) is 0 Å². The molecular weight excluding hydrogens is 268 g/mol. The van der Waals surface area contributed by atoms with Gasteiger partial charge in [-0.15, -0.1) is 0 Å². The van der Waals surface area contributed by atoms with Gasteiger partial charge in [-0.05, 0) is 29.6 Å².